The largest absolute Gasteiger partial charge is 0.216 e. The zero-order valence-corrected chi connectivity index (χ0v) is 15.7. The summed E-state index contributed by atoms with van der Waals surface area (Å²) in [6, 6.07) is 0. The van der Waals surface area contributed by atoms with Crippen molar-refractivity contribution >= 4 is 0 Å². The summed E-state index contributed by atoms with van der Waals surface area (Å²) in [4.78, 5) is 0. The van der Waals surface area contributed by atoms with Gasteiger partial charge >= 0.3 is 0 Å². The van der Waals surface area contributed by atoms with E-state index in [1.807, 2.05) is 0 Å². The highest BCUT2D eigenvalue weighted by Crippen LogP contribution is 2.55. The highest BCUT2D eigenvalue weighted by atomic mass is 19.1. The van der Waals surface area contributed by atoms with E-state index in [-0.39, 0.29) is 0 Å². The highest BCUT2D eigenvalue weighted by molar-refractivity contribution is 4.95. The van der Waals surface area contributed by atoms with Crippen LogP contribution in [0, 0.1) is 23.2 Å². The third-order valence-corrected chi connectivity index (χ3v) is 7.22. The lowest BCUT2D eigenvalue weighted by atomic mass is 9.54. The van der Waals surface area contributed by atoms with Gasteiger partial charge in [0.25, 0.3) is 0 Å². The van der Waals surface area contributed by atoms with Gasteiger partial charge in [0.05, 0.1) is 6.33 Å². The molecular formula is C22H39F. The Morgan fingerprint density at radius 3 is 2.30 bits per heavy atom. The average Bonchev–Trinajstić information content (AvgIpc) is 2.61. The standard InChI is InChI=1S/C22H39F/c1-3-10-20(4-2)22(16-7-5-8-17-22)21-14-12-19(13-15-21)11-6-9-18-23/h9,18-21H,3-8,10-17H2,1-2H3/b18-9+. The van der Waals surface area contributed by atoms with Crippen molar-refractivity contribution in [3.8, 4) is 0 Å². The summed E-state index contributed by atoms with van der Waals surface area (Å²) in [5, 5.41) is 0. The molecule has 134 valence electrons. The zero-order chi connectivity index (χ0) is 16.5. The van der Waals surface area contributed by atoms with E-state index in [4.69, 9.17) is 0 Å². The summed E-state index contributed by atoms with van der Waals surface area (Å²) < 4.78 is 12.1. The molecule has 0 heterocycles. The Morgan fingerprint density at radius 1 is 1.04 bits per heavy atom. The molecule has 2 fully saturated rings. The van der Waals surface area contributed by atoms with Gasteiger partial charge in [-0.15, -0.1) is 0 Å². The minimum Gasteiger partial charge on any atom is -0.216 e. The van der Waals surface area contributed by atoms with E-state index in [9.17, 15) is 4.39 Å². The Hall–Kier alpha value is -0.330. The predicted molar refractivity (Wildman–Crippen MR) is 99.1 cm³/mol. The van der Waals surface area contributed by atoms with Crippen LogP contribution in [0.25, 0.3) is 0 Å². The van der Waals surface area contributed by atoms with Crippen molar-refractivity contribution in [2.45, 2.75) is 104 Å². The molecule has 0 bridgehead atoms. The van der Waals surface area contributed by atoms with Gasteiger partial charge in [0.15, 0.2) is 0 Å². The van der Waals surface area contributed by atoms with Crippen molar-refractivity contribution in [1.29, 1.82) is 0 Å². The summed E-state index contributed by atoms with van der Waals surface area (Å²) in [6.45, 7) is 4.81. The van der Waals surface area contributed by atoms with Gasteiger partial charge in [-0.05, 0) is 61.7 Å². The molecule has 0 nitrogen and oxygen atoms in total. The SMILES string of the molecule is CCCC(CC)C1(C2CCC(CC/C=C/F)CC2)CCCCC1. The molecule has 1 unspecified atom stereocenters. The van der Waals surface area contributed by atoms with Gasteiger partial charge in [-0.3, -0.25) is 0 Å². The average molecular weight is 323 g/mol. The molecule has 2 aliphatic carbocycles. The van der Waals surface area contributed by atoms with Gasteiger partial charge in [0.1, 0.15) is 0 Å². The lowest BCUT2D eigenvalue weighted by Crippen LogP contribution is -2.41. The van der Waals surface area contributed by atoms with Crippen molar-refractivity contribution in [2.24, 2.45) is 23.2 Å². The van der Waals surface area contributed by atoms with Crippen LogP contribution in [-0.2, 0) is 0 Å². The summed E-state index contributed by atoms with van der Waals surface area (Å²) in [6.07, 6.45) is 21.9. The fraction of sp³-hybridized carbons (Fsp3) is 0.909. The molecule has 2 rings (SSSR count). The summed E-state index contributed by atoms with van der Waals surface area (Å²) in [7, 11) is 0. The van der Waals surface area contributed by atoms with E-state index < -0.39 is 0 Å². The maximum Gasteiger partial charge on any atom is 0.0827 e. The van der Waals surface area contributed by atoms with Crippen molar-refractivity contribution in [1.82, 2.24) is 0 Å². The van der Waals surface area contributed by atoms with E-state index in [2.05, 4.69) is 13.8 Å². The molecule has 0 spiro atoms. The Balaban J connectivity index is 1.97. The van der Waals surface area contributed by atoms with Gasteiger partial charge in [-0.25, -0.2) is 4.39 Å². The molecule has 0 aromatic rings. The second-order valence-corrected chi connectivity index (χ2v) is 8.34. The number of allylic oxidation sites excluding steroid dienone is 1. The molecule has 2 saturated carbocycles. The minimum atomic E-state index is 0.673. The molecular weight excluding hydrogens is 283 g/mol. The van der Waals surface area contributed by atoms with E-state index in [1.54, 1.807) is 6.08 Å². The lowest BCUT2D eigenvalue weighted by molar-refractivity contribution is -0.00997. The van der Waals surface area contributed by atoms with E-state index in [0.29, 0.717) is 5.41 Å². The number of hydrogen-bond donors (Lipinski definition) is 0. The van der Waals surface area contributed by atoms with Crippen LogP contribution >= 0.6 is 0 Å². The molecule has 1 heteroatoms. The van der Waals surface area contributed by atoms with Gasteiger partial charge < -0.3 is 0 Å². The van der Waals surface area contributed by atoms with Crippen LogP contribution in [0.15, 0.2) is 12.4 Å². The van der Waals surface area contributed by atoms with Crippen LogP contribution in [0.5, 0.6) is 0 Å². The maximum absolute atomic E-state index is 12.1. The summed E-state index contributed by atoms with van der Waals surface area (Å²) >= 11 is 0. The normalized spacial score (nSPS) is 29.7. The van der Waals surface area contributed by atoms with Crippen LogP contribution < -0.4 is 0 Å². The predicted octanol–water partition coefficient (Wildman–Crippen LogP) is 7.83. The van der Waals surface area contributed by atoms with Gasteiger partial charge in [-0.1, -0.05) is 71.3 Å². The molecule has 0 N–H and O–H groups in total. The fourth-order valence-electron chi connectivity index (χ4n) is 6.03. The third-order valence-electron chi connectivity index (χ3n) is 7.22. The first-order valence-corrected chi connectivity index (χ1v) is 10.5. The molecule has 2 aliphatic rings. The van der Waals surface area contributed by atoms with Crippen molar-refractivity contribution < 1.29 is 4.39 Å². The van der Waals surface area contributed by atoms with Gasteiger partial charge in [-0.2, -0.15) is 0 Å². The number of rotatable bonds is 8. The molecule has 0 aromatic heterocycles. The van der Waals surface area contributed by atoms with Crippen molar-refractivity contribution in [3.05, 3.63) is 12.4 Å². The summed E-state index contributed by atoms with van der Waals surface area (Å²) in [5.74, 6) is 2.80. The third kappa shape index (κ3) is 4.83. The van der Waals surface area contributed by atoms with Crippen molar-refractivity contribution in [2.75, 3.05) is 0 Å². The Kier molecular flexibility index (Phi) is 8.13. The van der Waals surface area contributed by atoms with Crippen LogP contribution in [0.3, 0.4) is 0 Å². The number of hydrogen-bond acceptors (Lipinski definition) is 0. The second-order valence-electron chi connectivity index (χ2n) is 8.34. The van der Waals surface area contributed by atoms with Crippen LogP contribution in [0.4, 0.5) is 4.39 Å². The van der Waals surface area contributed by atoms with Gasteiger partial charge in [0, 0.05) is 0 Å². The number of halogens is 1. The molecule has 0 saturated heterocycles. The first kappa shape index (κ1) is 19.0. The highest BCUT2D eigenvalue weighted by Gasteiger charge is 2.45. The molecule has 0 aromatic carbocycles. The minimum absolute atomic E-state index is 0.673. The molecule has 0 amide bonds. The Bertz CT molecular complexity index is 332. The first-order chi connectivity index (χ1) is 11.3. The quantitative estimate of drug-likeness (QED) is 0.427. The van der Waals surface area contributed by atoms with E-state index in [1.165, 1.54) is 83.5 Å². The zero-order valence-electron chi connectivity index (χ0n) is 15.7. The van der Waals surface area contributed by atoms with Crippen LogP contribution in [0.1, 0.15) is 104 Å². The molecule has 0 aliphatic heterocycles. The Labute approximate surface area is 144 Å². The lowest BCUT2D eigenvalue weighted by Gasteiger charge is -2.51. The Morgan fingerprint density at radius 2 is 1.74 bits per heavy atom. The van der Waals surface area contributed by atoms with E-state index in [0.717, 1.165) is 30.5 Å². The molecule has 0 radical (unpaired) electrons. The molecule has 23 heavy (non-hydrogen) atoms. The monoisotopic (exact) mass is 322 g/mol. The topological polar surface area (TPSA) is 0 Å². The van der Waals surface area contributed by atoms with Crippen LogP contribution in [-0.4, -0.2) is 0 Å². The smallest absolute Gasteiger partial charge is 0.0827 e. The molecule has 1 atom stereocenters. The van der Waals surface area contributed by atoms with Crippen LogP contribution in [0.2, 0.25) is 0 Å². The first-order valence-electron chi connectivity index (χ1n) is 10.5. The second kappa shape index (κ2) is 9.84. The van der Waals surface area contributed by atoms with Crippen molar-refractivity contribution in [3.63, 3.8) is 0 Å². The maximum atomic E-state index is 12.1. The van der Waals surface area contributed by atoms with Gasteiger partial charge in [0.2, 0.25) is 0 Å². The summed E-state index contributed by atoms with van der Waals surface area (Å²) in [5.41, 5.74) is 0.673. The van der Waals surface area contributed by atoms with E-state index >= 15 is 0 Å². The fourth-order valence-corrected chi connectivity index (χ4v) is 6.03.